The number of ether oxygens (including phenoxy) is 2. The van der Waals surface area contributed by atoms with E-state index in [9.17, 15) is 0 Å². The first-order valence-electron chi connectivity index (χ1n) is 14.2. The Morgan fingerprint density at radius 1 is 1.00 bits per heavy atom. The van der Waals surface area contributed by atoms with Gasteiger partial charge in [0.15, 0.2) is 11.5 Å². The lowest BCUT2D eigenvalue weighted by Gasteiger charge is -2.28. The van der Waals surface area contributed by atoms with Crippen LogP contribution in [0.2, 0.25) is 0 Å². The fraction of sp³-hybridized carbons (Fsp3) is 0.265. The molecule has 0 amide bonds. The average molecular weight is 548 g/mol. The fourth-order valence-electron chi connectivity index (χ4n) is 6.53. The molecule has 2 aliphatic carbocycles. The Labute approximate surface area is 238 Å². The quantitative estimate of drug-likeness (QED) is 0.242. The second-order valence-corrected chi connectivity index (χ2v) is 12.1. The first kappa shape index (κ1) is 23.9. The van der Waals surface area contributed by atoms with E-state index in [0.29, 0.717) is 12.7 Å². The minimum Gasteiger partial charge on any atom is -0.454 e. The predicted octanol–water partition coefficient (Wildman–Crippen LogP) is 8.15. The SMILES string of the molecule is CC[n+]1c(/C=C2/C=C3C=C(/C=C4\Sc5cc6c(cc5N4C)OCO6)CCC3CC2)oc2ccc3ccccc3c21. The highest BCUT2D eigenvalue weighted by atomic mass is 32.2. The molecule has 0 N–H and O–H groups in total. The summed E-state index contributed by atoms with van der Waals surface area (Å²) >= 11 is 1.81. The largest absolute Gasteiger partial charge is 0.454 e. The van der Waals surface area contributed by atoms with Crippen LogP contribution in [0, 0.1) is 5.92 Å². The van der Waals surface area contributed by atoms with E-state index in [4.69, 9.17) is 13.9 Å². The number of oxazole rings is 1. The number of aromatic nitrogens is 1. The fourth-order valence-corrected chi connectivity index (χ4v) is 7.67. The normalized spacial score (nSPS) is 21.8. The Balaban J connectivity index is 1.12. The molecule has 4 aromatic rings. The Morgan fingerprint density at radius 3 is 2.75 bits per heavy atom. The van der Waals surface area contributed by atoms with Crippen molar-refractivity contribution in [2.45, 2.75) is 44.0 Å². The Hall–Kier alpha value is -3.90. The maximum absolute atomic E-state index is 6.42. The van der Waals surface area contributed by atoms with E-state index in [0.717, 1.165) is 42.4 Å². The Morgan fingerprint density at radius 2 is 1.85 bits per heavy atom. The minimum absolute atomic E-state index is 0.306. The highest BCUT2D eigenvalue weighted by Gasteiger charge is 2.29. The molecule has 8 rings (SSSR count). The summed E-state index contributed by atoms with van der Waals surface area (Å²) in [7, 11) is 2.14. The third-order valence-corrected chi connectivity index (χ3v) is 9.79. The number of rotatable bonds is 3. The highest BCUT2D eigenvalue weighted by molar-refractivity contribution is 8.03. The zero-order valence-electron chi connectivity index (χ0n) is 22.8. The van der Waals surface area contributed by atoms with Crippen molar-refractivity contribution in [3.8, 4) is 11.5 Å². The van der Waals surface area contributed by atoms with Gasteiger partial charge in [0.2, 0.25) is 12.4 Å². The lowest BCUT2D eigenvalue weighted by Crippen LogP contribution is -2.34. The van der Waals surface area contributed by atoms with Crippen LogP contribution in [0.3, 0.4) is 0 Å². The van der Waals surface area contributed by atoms with Gasteiger partial charge in [0.25, 0.3) is 5.52 Å². The molecule has 3 heterocycles. The van der Waals surface area contributed by atoms with Gasteiger partial charge in [-0.25, -0.2) is 0 Å². The van der Waals surface area contributed by atoms with Crippen LogP contribution in [0.5, 0.6) is 11.5 Å². The zero-order chi connectivity index (χ0) is 26.8. The number of fused-ring (bicyclic) bond motifs is 6. The molecule has 3 aromatic carbocycles. The van der Waals surface area contributed by atoms with Gasteiger partial charge in [0, 0.05) is 24.1 Å². The maximum atomic E-state index is 6.42. The molecule has 0 saturated heterocycles. The highest BCUT2D eigenvalue weighted by Crippen LogP contribution is 2.51. The number of aryl methyl sites for hydroxylation is 1. The molecule has 4 aliphatic rings. The van der Waals surface area contributed by atoms with Gasteiger partial charge >= 0.3 is 5.89 Å². The van der Waals surface area contributed by atoms with Gasteiger partial charge in [-0.05, 0) is 78.8 Å². The van der Waals surface area contributed by atoms with Crippen molar-refractivity contribution in [1.82, 2.24) is 0 Å². The smallest absolute Gasteiger partial charge is 0.374 e. The van der Waals surface area contributed by atoms with Gasteiger partial charge < -0.3 is 18.8 Å². The van der Waals surface area contributed by atoms with Gasteiger partial charge in [0.05, 0.1) is 22.2 Å². The first-order valence-corrected chi connectivity index (χ1v) is 15.0. The molecule has 6 heteroatoms. The lowest BCUT2D eigenvalue weighted by atomic mass is 9.77. The summed E-state index contributed by atoms with van der Waals surface area (Å²) in [5.41, 5.74) is 7.50. The van der Waals surface area contributed by atoms with Crippen LogP contribution in [-0.2, 0) is 6.54 Å². The van der Waals surface area contributed by atoms with Crippen molar-refractivity contribution >= 4 is 45.4 Å². The molecule has 1 aromatic heterocycles. The van der Waals surface area contributed by atoms with Crippen LogP contribution >= 0.6 is 11.8 Å². The van der Waals surface area contributed by atoms with E-state index >= 15 is 0 Å². The van der Waals surface area contributed by atoms with Crippen LogP contribution < -0.4 is 18.9 Å². The molecule has 200 valence electrons. The number of benzene rings is 3. The molecule has 2 aliphatic heterocycles. The molecule has 0 radical (unpaired) electrons. The van der Waals surface area contributed by atoms with Crippen molar-refractivity contribution in [3.05, 3.63) is 94.4 Å². The molecule has 5 nitrogen and oxygen atoms in total. The molecule has 1 atom stereocenters. The van der Waals surface area contributed by atoms with Crippen LogP contribution in [-0.4, -0.2) is 13.8 Å². The number of hydrogen-bond acceptors (Lipinski definition) is 5. The van der Waals surface area contributed by atoms with Crippen LogP contribution in [0.25, 0.3) is 27.9 Å². The van der Waals surface area contributed by atoms with Crippen LogP contribution in [0.4, 0.5) is 5.69 Å². The molecule has 0 bridgehead atoms. The van der Waals surface area contributed by atoms with Gasteiger partial charge in [-0.3, -0.25) is 0 Å². The summed E-state index contributed by atoms with van der Waals surface area (Å²) in [5, 5.41) is 3.73. The summed E-state index contributed by atoms with van der Waals surface area (Å²) in [5.74, 6) is 3.25. The molecular formula is C34H31N2O3S+. The summed E-state index contributed by atoms with van der Waals surface area (Å²) in [6, 6.07) is 17.0. The average Bonchev–Trinajstić information content (AvgIpc) is 3.67. The number of hydrogen-bond donors (Lipinski definition) is 0. The Bertz CT molecular complexity index is 1830. The van der Waals surface area contributed by atoms with Gasteiger partial charge in [-0.15, -0.1) is 0 Å². The number of thioether (sulfide) groups is 1. The van der Waals surface area contributed by atoms with Crippen molar-refractivity contribution < 1.29 is 18.5 Å². The number of nitrogens with zero attached hydrogens (tertiary/aromatic N) is 2. The van der Waals surface area contributed by atoms with Crippen LogP contribution in [0.1, 0.15) is 38.5 Å². The number of anilines is 1. The maximum Gasteiger partial charge on any atom is 0.374 e. The second kappa shape index (κ2) is 9.34. The van der Waals surface area contributed by atoms with E-state index in [-0.39, 0.29) is 0 Å². The standard InChI is InChI=1S/C34H31N2O3S/c1-3-36-32(39-28-13-12-24-6-4-5-7-26(24)34(28)36)16-21-8-10-23-11-9-22(15-25(23)14-21)17-33-35(2)27-18-29-30(38-20-37-29)19-31(27)40-33/h4-7,12-19,23H,3,8-11,20H2,1-2H3/q+1. The Kier molecular flexibility index (Phi) is 5.59. The second-order valence-electron chi connectivity index (χ2n) is 11.0. The van der Waals surface area contributed by atoms with Gasteiger partial charge in [0.1, 0.15) is 6.54 Å². The van der Waals surface area contributed by atoms with Crippen LogP contribution in [0.15, 0.2) is 97.8 Å². The third kappa shape index (κ3) is 3.88. The minimum atomic E-state index is 0.306. The summed E-state index contributed by atoms with van der Waals surface area (Å²) in [6.45, 7) is 3.37. The lowest BCUT2D eigenvalue weighted by molar-refractivity contribution is -0.673. The first-order chi connectivity index (χ1) is 19.6. The van der Waals surface area contributed by atoms with Gasteiger partial charge in [-0.1, -0.05) is 48.2 Å². The van der Waals surface area contributed by atoms with E-state index < -0.39 is 0 Å². The number of allylic oxidation sites excluding steroid dienone is 6. The molecule has 0 spiro atoms. The van der Waals surface area contributed by atoms with Crippen molar-refractivity contribution in [2.75, 3.05) is 18.7 Å². The van der Waals surface area contributed by atoms with Crippen molar-refractivity contribution in [1.29, 1.82) is 0 Å². The molecule has 0 saturated carbocycles. The van der Waals surface area contributed by atoms with Crippen molar-refractivity contribution in [3.63, 3.8) is 0 Å². The van der Waals surface area contributed by atoms with E-state index in [1.165, 1.54) is 61.5 Å². The van der Waals surface area contributed by atoms with Crippen molar-refractivity contribution in [2.24, 2.45) is 5.92 Å². The molecule has 1 unspecified atom stereocenters. The van der Waals surface area contributed by atoms with E-state index in [1.807, 2.05) is 0 Å². The summed E-state index contributed by atoms with van der Waals surface area (Å²) in [6.07, 6.45) is 14.1. The molecule has 40 heavy (non-hydrogen) atoms. The third-order valence-electron chi connectivity index (χ3n) is 8.65. The van der Waals surface area contributed by atoms with E-state index in [2.05, 4.69) is 96.3 Å². The van der Waals surface area contributed by atoms with Gasteiger partial charge in [-0.2, -0.15) is 4.57 Å². The topological polar surface area (TPSA) is 38.7 Å². The van der Waals surface area contributed by atoms with E-state index in [1.54, 1.807) is 11.8 Å². The molecule has 0 fully saturated rings. The zero-order valence-corrected chi connectivity index (χ0v) is 23.6. The predicted molar refractivity (Wildman–Crippen MR) is 161 cm³/mol. The molecular weight excluding hydrogens is 516 g/mol. The summed E-state index contributed by atoms with van der Waals surface area (Å²) < 4.78 is 20.0. The monoisotopic (exact) mass is 547 g/mol. The summed E-state index contributed by atoms with van der Waals surface area (Å²) in [4.78, 5) is 3.49.